The molecule has 0 spiro atoms. The lowest BCUT2D eigenvalue weighted by Crippen LogP contribution is -2.25. The van der Waals surface area contributed by atoms with Gasteiger partial charge in [0.25, 0.3) is 0 Å². The number of fused-ring (bicyclic) bond motifs is 2. The molecule has 1 aliphatic rings. The summed E-state index contributed by atoms with van der Waals surface area (Å²) in [4.78, 5) is 12.6. The van der Waals surface area contributed by atoms with Crippen LogP contribution in [0.3, 0.4) is 0 Å². The summed E-state index contributed by atoms with van der Waals surface area (Å²) in [6.07, 6.45) is 1.71. The Kier molecular flexibility index (Phi) is 4.24. The van der Waals surface area contributed by atoms with Gasteiger partial charge in [-0.1, -0.05) is 0 Å². The van der Waals surface area contributed by atoms with Crippen molar-refractivity contribution in [3.8, 4) is 23.1 Å². The topological polar surface area (TPSA) is 129 Å². The molecule has 1 aromatic carbocycles. The number of nitrogens with one attached hydrogen (secondary N) is 1. The first-order valence-corrected chi connectivity index (χ1v) is 9.52. The van der Waals surface area contributed by atoms with Crippen LogP contribution in [0.15, 0.2) is 30.6 Å². The van der Waals surface area contributed by atoms with Gasteiger partial charge in [-0.05, 0) is 36.8 Å². The molecule has 4 heterocycles. The number of phenols is 1. The maximum absolute atomic E-state index is 12.6. The lowest BCUT2D eigenvalue weighted by molar-refractivity contribution is -0.116. The molecule has 1 unspecified atom stereocenters. The van der Waals surface area contributed by atoms with Gasteiger partial charge < -0.3 is 19.9 Å². The summed E-state index contributed by atoms with van der Waals surface area (Å²) in [6.45, 7) is 1.88. The third-order valence-electron chi connectivity index (χ3n) is 5.37. The highest BCUT2D eigenvalue weighted by atomic mass is 16.5. The minimum atomic E-state index is -0.306. The number of amides is 1. The van der Waals surface area contributed by atoms with Gasteiger partial charge in [-0.25, -0.2) is 0 Å². The van der Waals surface area contributed by atoms with Crippen LogP contribution in [0.5, 0.6) is 17.2 Å². The number of hydrogen-bond donors (Lipinski definition) is 2. The Bertz CT molecular complexity index is 1300. The molecule has 0 fully saturated rings. The van der Waals surface area contributed by atoms with Crippen molar-refractivity contribution in [2.75, 3.05) is 19.5 Å². The lowest BCUT2D eigenvalue weighted by atomic mass is 9.85. The molecule has 0 radical (unpaired) electrons. The van der Waals surface area contributed by atoms with E-state index in [1.165, 1.54) is 25.1 Å². The number of ether oxygens (including phenoxy) is 2. The number of hydrogen-bond acceptors (Lipinski definition) is 8. The second-order valence-corrected chi connectivity index (χ2v) is 7.16. The van der Waals surface area contributed by atoms with Crippen LogP contribution in [0.25, 0.3) is 11.5 Å². The van der Waals surface area contributed by atoms with Crippen molar-refractivity contribution in [3.63, 3.8) is 0 Å². The summed E-state index contributed by atoms with van der Waals surface area (Å²) in [7, 11) is 2.93. The molecule has 11 heteroatoms. The van der Waals surface area contributed by atoms with Crippen LogP contribution in [-0.2, 0) is 4.79 Å². The van der Waals surface area contributed by atoms with Crippen molar-refractivity contribution < 1.29 is 19.4 Å². The lowest BCUT2D eigenvalue weighted by Gasteiger charge is -2.25. The zero-order valence-electron chi connectivity index (χ0n) is 17.0. The van der Waals surface area contributed by atoms with E-state index in [9.17, 15) is 9.90 Å². The second kappa shape index (κ2) is 6.97. The number of aromatic nitrogens is 6. The minimum Gasteiger partial charge on any atom is -0.502 e. The van der Waals surface area contributed by atoms with Crippen LogP contribution >= 0.6 is 0 Å². The minimum absolute atomic E-state index is 0.0897. The van der Waals surface area contributed by atoms with Crippen LogP contribution in [-0.4, -0.2) is 54.8 Å². The average molecular weight is 421 g/mol. The molecule has 31 heavy (non-hydrogen) atoms. The Morgan fingerprint density at radius 2 is 1.90 bits per heavy atom. The van der Waals surface area contributed by atoms with Crippen molar-refractivity contribution in [2.24, 2.45) is 0 Å². The number of rotatable bonds is 4. The zero-order valence-corrected chi connectivity index (χ0v) is 17.0. The van der Waals surface area contributed by atoms with Crippen molar-refractivity contribution in [1.29, 1.82) is 0 Å². The molecule has 0 saturated heterocycles. The van der Waals surface area contributed by atoms with E-state index in [0.29, 0.717) is 17.3 Å². The average Bonchev–Trinajstić information content (AvgIpc) is 3.37. The van der Waals surface area contributed by atoms with Crippen molar-refractivity contribution >= 4 is 17.4 Å². The Balaban J connectivity index is 1.67. The maximum Gasteiger partial charge on any atom is 0.226 e. The monoisotopic (exact) mass is 421 g/mol. The van der Waals surface area contributed by atoms with E-state index in [-0.39, 0.29) is 35.5 Å². The number of anilines is 1. The predicted octanol–water partition coefficient (Wildman–Crippen LogP) is 1.82. The third-order valence-corrected chi connectivity index (χ3v) is 5.37. The molecule has 1 atom stereocenters. The summed E-state index contributed by atoms with van der Waals surface area (Å²) >= 11 is 0. The molecular formula is C20H19N7O4. The molecule has 0 bridgehead atoms. The summed E-state index contributed by atoms with van der Waals surface area (Å²) in [6, 6.07) is 6.96. The van der Waals surface area contributed by atoms with Gasteiger partial charge in [0.2, 0.25) is 11.7 Å². The van der Waals surface area contributed by atoms with Crippen LogP contribution in [0.1, 0.15) is 29.2 Å². The van der Waals surface area contributed by atoms with Gasteiger partial charge in [0.15, 0.2) is 23.0 Å². The summed E-state index contributed by atoms with van der Waals surface area (Å²) in [5.41, 5.74) is 2.98. The van der Waals surface area contributed by atoms with Crippen molar-refractivity contribution in [2.45, 2.75) is 19.3 Å². The van der Waals surface area contributed by atoms with E-state index in [4.69, 9.17) is 9.47 Å². The molecule has 2 N–H and O–H groups in total. The highest BCUT2D eigenvalue weighted by molar-refractivity contribution is 5.95. The number of aryl methyl sites for hydroxylation is 1. The van der Waals surface area contributed by atoms with E-state index in [1.54, 1.807) is 28.9 Å². The fraction of sp³-hybridized carbons (Fsp3) is 0.250. The first kappa shape index (κ1) is 18.9. The standard InChI is InChI=1S/C20H19N7O4/c1-10-18-12(11-6-13(30-2)19(29)14(7-11)31-3)8-17(28)22-20(18)27(24-10)16-5-4-15-23-21-9-26(15)25-16/h4-7,9,12,29H,8H2,1-3H3,(H,22,28). The molecule has 1 aliphatic heterocycles. The van der Waals surface area contributed by atoms with Gasteiger partial charge >= 0.3 is 0 Å². The summed E-state index contributed by atoms with van der Waals surface area (Å²) in [5.74, 6) is 1.05. The number of phenolic OH excluding ortho intramolecular Hbond substituents is 1. The van der Waals surface area contributed by atoms with Gasteiger partial charge in [-0.3, -0.25) is 4.79 Å². The van der Waals surface area contributed by atoms with E-state index in [1.807, 2.05) is 6.92 Å². The molecule has 11 nitrogen and oxygen atoms in total. The van der Waals surface area contributed by atoms with Gasteiger partial charge in [0, 0.05) is 17.9 Å². The van der Waals surface area contributed by atoms with E-state index >= 15 is 0 Å². The number of nitrogens with zero attached hydrogens (tertiary/aromatic N) is 6. The molecule has 1 amide bonds. The first-order valence-electron chi connectivity index (χ1n) is 9.52. The quantitative estimate of drug-likeness (QED) is 0.511. The second-order valence-electron chi connectivity index (χ2n) is 7.16. The molecular weight excluding hydrogens is 402 g/mol. The molecule has 0 aliphatic carbocycles. The first-order chi connectivity index (χ1) is 15.0. The number of methoxy groups -OCH3 is 2. The van der Waals surface area contributed by atoms with E-state index in [2.05, 4.69) is 25.7 Å². The van der Waals surface area contributed by atoms with Crippen LogP contribution < -0.4 is 14.8 Å². The highest BCUT2D eigenvalue weighted by Gasteiger charge is 2.34. The van der Waals surface area contributed by atoms with Crippen molar-refractivity contribution in [3.05, 3.63) is 47.4 Å². The Hall–Kier alpha value is -4.15. The van der Waals surface area contributed by atoms with Gasteiger partial charge in [-0.2, -0.15) is 14.3 Å². The van der Waals surface area contributed by atoms with Gasteiger partial charge in [0.05, 0.1) is 19.9 Å². The Morgan fingerprint density at radius 3 is 2.61 bits per heavy atom. The van der Waals surface area contributed by atoms with Crippen LogP contribution in [0.2, 0.25) is 0 Å². The van der Waals surface area contributed by atoms with Gasteiger partial charge in [0.1, 0.15) is 12.1 Å². The third kappa shape index (κ3) is 2.93. The highest BCUT2D eigenvalue weighted by Crippen LogP contribution is 2.45. The predicted molar refractivity (Wildman–Crippen MR) is 109 cm³/mol. The summed E-state index contributed by atoms with van der Waals surface area (Å²) in [5, 5.41) is 30.1. The molecule has 5 rings (SSSR count). The number of carbonyl (C=O) groups excluding carboxylic acids is 1. The van der Waals surface area contributed by atoms with E-state index in [0.717, 1.165) is 16.8 Å². The summed E-state index contributed by atoms with van der Waals surface area (Å²) < 4.78 is 13.7. The van der Waals surface area contributed by atoms with Crippen LogP contribution in [0.4, 0.5) is 5.82 Å². The van der Waals surface area contributed by atoms with Gasteiger partial charge in [-0.15, -0.1) is 15.3 Å². The Labute approximate surface area is 176 Å². The largest absolute Gasteiger partial charge is 0.502 e. The molecule has 158 valence electrons. The van der Waals surface area contributed by atoms with Crippen molar-refractivity contribution in [1.82, 2.24) is 29.6 Å². The molecule has 4 aromatic rings. The Morgan fingerprint density at radius 1 is 1.16 bits per heavy atom. The fourth-order valence-corrected chi connectivity index (χ4v) is 3.94. The number of benzene rings is 1. The smallest absolute Gasteiger partial charge is 0.226 e. The number of aromatic hydroxyl groups is 1. The normalized spacial score (nSPS) is 15.6. The maximum atomic E-state index is 12.6. The van der Waals surface area contributed by atoms with E-state index < -0.39 is 0 Å². The fourth-order valence-electron chi connectivity index (χ4n) is 3.94. The number of carbonyl (C=O) groups is 1. The van der Waals surface area contributed by atoms with Crippen LogP contribution in [0, 0.1) is 6.92 Å². The zero-order chi connectivity index (χ0) is 21.7. The SMILES string of the molecule is COc1cc(C2CC(=O)Nc3c2c(C)nn3-c2ccc3nncn3n2)cc(OC)c1O. The molecule has 0 saturated carbocycles. The molecule has 3 aromatic heterocycles.